The number of hydrogen-bond donors (Lipinski definition) is 2. The van der Waals surface area contributed by atoms with E-state index in [0.29, 0.717) is 24.1 Å². The van der Waals surface area contributed by atoms with Gasteiger partial charge in [0.2, 0.25) is 5.88 Å². The molecule has 0 aliphatic heterocycles. The predicted molar refractivity (Wildman–Crippen MR) is 113 cm³/mol. The number of benzene rings is 2. The third-order valence-corrected chi connectivity index (χ3v) is 5.30. The van der Waals surface area contributed by atoms with Crippen molar-refractivity contribution < 1.29 is 19.0 Å². The highest BCUT2D eigenvalue weighted by Gasteiger charge is 2.20. The van der Waals surface area contributed by atoms with Gasteiger partial charge < -0.3 is 14.8 Å². The van der Waals surface area contributed by atoms with Crippen molar-refractivity contribution in [1.29, 1.82) is 0 Å². The standard InChI is InChI=1S/C24H21F2N3O2/c1-29-13-20(23(30)24(29)31)22-12-21(27-14-28-22)17(10-15-2-6-18(25)7-3-15)11-16-4-8-19(26)9-5-16/h2-9,12-14,17,30-31H,10-11H2,1H3. The van der Waals surface area contributed by atoms with E-state index >= 15 is 0 Å². The van der Waals surface area contributed by atoms with Crippen LogP contribution in [-0.2, 0) is 19.9 Å². The molecule has 31 heavy (non-hydrogen) atoms. The van der Waals surface area contributed by atoms with E-state index < -0.39 is 0 Å². The van der Waals surface area contributed by atoms with Crippen LogP contribution >= 0.6 is 0 Å². The summed E-state index contributed by atoms with van der Waals surface area (Å²) in [6, 6.07) is 14.4. The molecular formula is C24H21F2N3O2. The van der Waals surface area contributed by atoms with Crippen molar-refractivity contribution in [3.05, 3.63) is 95.6 Å². The van der Waals surface area contributed by atoms with Crippen LogP contribution in [0, 0.1) is 11.6 Å². The topological polar surface area (TPSA) is 71.2 Å². The Morgan fingerprint density at radius 3 is 1.90 bits per heavy atom. The maximum atomic E-state index is 13.3. The van der Waals surface area contributed by atoms with E-state index in [1.165, 1.54) is 35.2 Å². The highest BCUT2D eigenvalue weighted by Crippen LogP contribution is 2.37. The SMILES string of the molecule is Cn1cc(-c2cc(C(Cc3ccc(F)cc3)Cc3ccc(F)cc3)ncn2)c(O)c1O. The summed E-state index contributed by atoms with van der Waals surface area (Å²) in [4.78, 5) is 8.69. The van der Waals surface area contributed by atoms with Crippen molar-refractivity contribution in [2.75, 3.05) is 0 Å². The normalized spacial score (nSPS) is 11.2. The smallest absolute Gasteiger partial charge is 0.235 e. The summed E-state index contributed by atoms with van der Waals surface area (Å²) in [7, 11) is 1.62. The van der Waals surface area contributed by atoms with Gasteiger partial charge in [0.15, 0.2) is 5.75 Å². The lowest BCUT2D eigenvalue weighted by Gasteiger charge is -2.17. The number of aromatic nitrogens is 3. The minimum atomic E-state index is -0.303. The minimum absolute atomic E-state index is 0.0999. The molecule has 2 aromatic heterocycles. The molecule has 4 rings (SSSR count). The molecule has 2 aromatic carbocycles. The van der Waals surface area contributed by atoms with Gasteiger partial charge in [-0.3, -0.25) is 0 Å². The van der Waals surface area contributed by atoms with E-state index in [-0.39, 0.29) is 29.2 Å². The Kier molecular flexibility index (Phi) is 5.66. The van der Waals surface area contributed by atoms with E-state index in [4.69, 9.17) is 0 Å². The van der Waals surface area contributed by atoms with E-state index in [1.807, 2.05) is 0 Å². The molecule has 4 aromatic rings. The van der Waals surface area contributed by atoms with Gasteiger partial charge in [-0.25, -0.2) is 18.7 Å². The second kappa shape index (κ2) is 8.55. The van der Waals surface area contributed by atoms with Crippen LogP contribution in [0.5, 0.6) is 11.6 Å². The van der Waals surface area contributed by atoms with Crippen LogP contribution in [0.2, 0.25) is 0 Å². The van der Waals surface area contributed by atoms with Crippen LogP contribution in [0.3, 0.4) is 0 Å². The Labute approximate surface area is 178 Å². The molecule has 158 valence electrons. The summed E-state index contributed by atoms with van der Waals surface area (Å²) in [5, 5.41) is 20.1. The quantitative estimate of drug-likeness (QED) is 0.472. The molecule has 0 aliphatic carbocycles. The molecule has 0 spiro atoms. The Hall–Kier alpha value is -3.74. The van der Waals surface area contributed by atoms with Crippen molar-refractivity contribution in [2.45, 2.75) is 18.8 Å². The second-order valence-electron chi connectivity index (χ2n) is 7.51. The zero-order valence-electron chi connectivity index (χ0n) is 16.8. The first-order valence-electron chi connectivity index (χ1n) is 9.79. The molecule has 0 aliphatic rings. The average molecular weight is 421 g/mol. The largest absolute Gasteiger partial charge is 0.503 e. The zero-order valence-corrected chi connectivity index (χ0v) is 16.8. The summed E-state index contributed by atoms with van der Waals surface area (Å²) in [6.07, 6.45) is 4.17. The van der Waals surface area contributed by atoms with Gasteiger partial charge in [-0.1, -0.05) is 24.3 Å². The molecule has 0 fully saturated rings. The summed E-state index contributed by atoms with van der Waals surface area (Å²) >= 11 is 0. The van der Waals surface area contributed by atoms with Crippen molar-refractivity contribution in [1.82, 2.24) is 14.5 Å². The molecule has 0 bridgehead atoms. The molecule has 2 N–H and O–H groups in total. The Balaban J connectivity index is 1.70. The lowest BCUT2D eigenvalue weighted by atomic mass is 9.89. The fourth-order valence-electron chi connectivity index (χ4n) is 3.63. The lowest BCUT2D eigenvalue weighted by molar-refractivity contribution is 0.381. The van der Waals surface area contributed by atoms with Crippen LogP contribution in [0.25, 0.3) is 11.3 Å². The lowest BCUT2D eigenvalue weighted by Crippen LogP contribution is -2.10. The molecule has 0 unspecified atom stereocenters. The predicted octanol–water partition coefficient (Wildman–Crippen LogP) is 4.74. The van der Waals surface area contributed by atoms with Crippen LogP contribution < -0.4 is 0 Å². The fraction of sp³-hybridized carbons (Fsp3) is 0.167. The van der Waals surface area contributed by atoms with Gasteiger partial charge in [0, 0.05) is 24.9 Å². The number of hydrogen-bond acceptors (Lipinski definition) is 4. The molecule has 0 atom stereocenters. The highest BCUT2D eigenvalue weighted by molar-refractivity contribution is 5.70. The van der Waals surface area contributed by atoms with Crippen LogP contribution in [0.1, 0.15) is 22.7 Å². The third kappa shape index (κ3) is 4.55. The number of rotatable bonds is 6. The van der Waals surface area contributed by atoms with Crippen molar-refractivity contribution in [2.24, 2.45) is 7.05 Å². The first-order chi connectivity index (χ1) is 14.9. The number of aromatic hydroxyl groups is 2. The molecule has 0 amide bonds. The highest BCUT2D eigenvalue weighted by atomic mass is 19.1. The van der Waals surface area contributed by atoms with Crippen LogP contribution in [0.15, 0.2) is 67.1 Å². The number of halogens is 2. The van der Waals surface area contributed by atoms with Gasteiger partial charge in [0.05, 0.1) is 11.3 Å². The van der Waals surface area contributed by atoms with Crippen LogP contribution in [-0.4, -0.2) is 24.7 Å². The summed E-state index contributed by atoms with van der Waals surface area (Å²) in [5.74, 6) is -1.20. The van der Waals surface area contributed by atoms with E-state index in [2.05, 4.69) is 9.97 Å². The van der Waals surface area contributed by atoms with E-state index in [0.717, 1.165) is 16.8 Å². The van der Waals surface area contributed by atoms with Crippen molar-refractivity contribution in [3.63, 3.8) is 0 Å². The summed E-state index contributed by atoms with van der Waals surface area (Å²) < 4.78 is 28.1. The molecule has 5 nitrogen and oxygen atoms in total. The average Bonchev–Trinajstić information content (AvgIpc) is 3.03. The van der Waals surface area contributed by atoms with Gasteiger partial charge in [-0.15, -0.1) is 0 Å². The Bertz CT molecular complexity index is 1140. The molecule has 0 saturated carbocycles. The van der Waals surface area contributed by atoms with Crippen LogP contribution in [0.4, 0.5) is 8.78 Å². The maximum Gasteiger partial charge on any atom is 0.235 e. The number of aryl methyl sites for hydroxylation is 1. The first kappa shape index (κ1) is 20.5. The first-order valence-corrected chi connectivity index (χ1v) is 9.79. The molecule has 0 saturated heterocycles. The summed E-state index contributed by atoms with van der Waals surface area (Å²) in [6.45, 7) is 0. The number of nitrogens with zero attached hydrogens (tertiary/aromatic N) is 3. The van der Waals surface area contributed by atoms with E-state index in [9.17, 15) is 19.0 Å². The Morgan fingerprint density at radius 2 is 1.42 bits per heavy atom. The fourth-order valence-corrected chi connectivity index (χ4v) is 3.63. The second-order valence-corrected chi connectivity index (χ2v) is 7.51. The van der Waals surface area contributed by atoms with Gasteiger partial charge in [0.1, 0.15) is 18.0 Å². The van der Waals surface area contributed by atoms with Crippen molar-refractivity contribution in [3.8, 4) is 22.9 Å². The van der Waals surface area contributed by atoms with Gasteiger partial charge in [0.25, 0.3) is 0 Å². The van der Waals surface area contributed by atoms with Gasteiger partial charge >= 0.3 is 0 Å². The minimum Gasteiger partial charge on any atom is -0.503 e. The monoisotopic (exact) mass is 421 g/mol. The molecular weight excluding hydrogens is 400 g/mol. The van der Waals surface area contributed by atoms with E-state index in [1.54, 1.807) is 43.6 Å². The summed E-state index contributed by atoms with van der Waals surface area (Å²) in [5.41, 5.74) is 3.47. The zero-order chi connectivity index (χ0) is 22.0. The maximum absolute atomic E-state index is 13.3. The molecule has 0 radical (unpaired) electrons. The third-order valence-electron chi connectivity index (χ3n) is 5.30. The molecule has 2 heterocycles. The molecule has 7 heteroatoms. The van der Waals surface area contributed by atoms with Gasteiger partial charge in [-0.05, 0) is 54.3 Å². The van der Waals surface area contributed by atoms with Crippen molar-refractivity contribution >= 4 is 0 Å². The van der Waals surface area contributed by atoms with Gasteiger partial charge in [-0.2, -0.15) is 0 Å². The Morgan fingerprint density at radius 1 is 0.871 bits per heavy atom.